The Morgan fingerprint density at radius 1 is 1.29 bits per heavy atom. The fourth-order valence-corrected chi connectivity index (χ4v) is 3.43. The number of anilines is 1. The number of amides is 2. The number of carbonyl (C=O) groups excluding carboxylic acids is 1. The van der Waals surface area contributed by atoms with E-state index in [2.05, 4.69) is 20.5 Å². The van der Waals surface area contributed by atoms with Crippen LogP contribution in [-0.2, 0) is 4.74 Å². The largest absolute Gasteiger partial charge is 0.370 e. The zero-order chi connectivity index (χ0) is 19.5. The van der Waals surface area contributed by atoms with Crippen molar-refractivity contribution in [1.82, 2.24) is 20.1 Å². The van der Waals surface area contributed by atoms with E-state index in [4.69, 9.17) is 16.3 Å². The van der Waals surface area contributed by atoms with Crippen molar-refractivity contribution in [2.75, 3.05) is 25.0 Å². The van der Waals surface area contributed by atoms with Gasteiger partial charge in [0, 0.05) is 22.7 Å². The van der Waals surface area contributed by atoms with Crippen LogP contribution in [0.5, 0.6) is 0 Å². The first-order valence-corrected chi connectivity index (χ1v) is 9.39. The third kappa shape index (κ3) is 4.00. The molecule has 2 heterocycles. The van der Waals surface area contributed by atoms with Crippen LogP contribution in [-0.4, -0.2) is 45.8 Å². The Bertz CT molecular complexity index is 990. The van der Waals surface area contributed by atoms with Gasteiger partial charge in [0.2, 0.25) is 5.95 Å². The highest BCUT2D eigenvalue weighted by Crippen LogP contribution is 2.28. The molecule has 0 saturated carbocycles. The van der Waals surface area contributed by atoms with E-state index in [1.807, 2.05) is 55.5 Å². The fourth-order valence-electron chi connectivity index (χ4n) is 3.17. The minimum absolute atomic E-state index is 0.238. The fraction of sp³-hybridized carbons (Fsp3) is 0.250. The van der Waals surface area contributed by atoms with Crippen LogP contribution < -0.4 is 5.32 Å². The molecule has 7 nitrogen and oxygen atoms in total. The van der Waals surface area contributed by atoms with Crippen LogP contribution in [0, 0.1) is 6.92 Å². The maximum atomic E-state index is 12.7. The molecular weight excluding hydrogens is 378 g/mol. The number of aryl methyl sites for hydroxylation is 1. The lowest BCUT2D eigenvalue weighted by molar-refractivity contribution is -0.0134. The summed E-state index contributed by atoms with van der Waals surface area (Å²) in [4.78, 5) is 18.7. The number of urea groups is 1. The van der Waals surface area contributed by atoms with E-state index in [-0.39, 0.29) is 18.1 Å². The van der Waals surface area contributed by atoms with Crippen molar-refractivity contribution < 1.29 is 9.53 Å². The Labute approximate surface area is 167 Å². The molecule has 144 valence electrons. The molecule has 2 aromatic carbocycles. The first kappa shape index (κ1) is 18.5. The number of ether oxygens (including phenoxy) is 1. The topological polar surface area (TPSA) is 83.1 Å². The maximum absolute atomic E-state index is 12.7. The molecule has 1 fully saturated rings. The molecule has 1 atom stereocenters. The second-order valence-corrected chi connectivity index (χ2v) is 7.04. The molecular formula is C20H20ClN5O2. The predicted molar refractivity (Wildman–Crippen MR) is 107 cm³/mol. The van der Waals surface area contributed by atoms with E-state index in [9.17, 15) is 4.79 Å². The molecule has 3 aromatic rings. The molecule has 0 spiro atoms. The number of carbonyl (C=O) groups is 1. The second-order valence-electron chi connectivity index (χ2n) is 6.63. The van der Waals surface area contributed by atoms with Gasteiger partial charge in [-0.1, -0.05) is 53.6 Å². The molecule has 4 rings (SSSR count). The standard InChI is InChI=1S/C20H20ClN5O2/c1-13-5-4-6-14(11-13)18-22-19(25-24-18)23-20(27)26-9-10-28-17(12-26)15-7-2-3-8-16(15)21/h2-8,11,17H,9-10,12H2,1H3,(H2,22,23,24,25,27)/t17-/m0/s1. The van der Waals surface area contributed by atoms with Gasteiger partial charge in [0.1, 0.15) is 6.10 Å². The molecule has 0 aliphatic carbocycles. The van der Waals surface area contributed by atoms with Crippen LogP contribution >= 0.6 is 11.6 Å². The van der Waals surface area contributed by atoms with Gasteiger partial charge in [0.05, 0.1) is 13.2 Å². The monoisotopic (exact) mass is 397 g/mol. The molecule has 28 heavy (non-hydrogen) atoms. The highest BCUT2D eigenvalue weighted by atomic mass is 35.5. The molecule has 1 aromatic heterocycles. The van der Waals surface area contributed by atoms with Crippen LogP contribution in [0.25, 0.3) is 11.4 Å². The number of hydrogen-bond donors (Lipinski definition) is 2. The van der Waals surface area contributed by atoms with E-state index >= 15 is 0 Å². The molecule has 0 unspecified atom stereocenters. The van der Waals surface area contributed by atoms with Crippen LogP contribution in [0.4, 0.5) is 10.7 Å². The van der Waals surface area contributed by atoms with Crippen molar-refractivity contribution in [3.05, 3.63) is 64.7 Å². The summed E-state index contributed by atoms with van der Waals surface area (Å²) < 4.78 is 5.81. The number of rotatable bonds is 3. The number of benzene rings is 2. The van der Waals surface area contributed by atoms with Crippen molar-refractivity contribution in [2.45, 2.75) is 13.0 Å². The number of aromatic nitrogens is 3. The van der Waals surface area contributed by atoms with E-state index in [0.29, 0.717) is 30.5 Å². The van der Waals surface area contributed by atoms with E-state index in [1.54, 1.807) is 4.90 Å². The van der Waals surface area contributed by atoms with Crippen LogP contribution in [0.3, 0.4) is 0 Å². The van der Waals surface area contributed by atoms with Crippen LogP contribution in [0.1, 0.15) is 17.2 Å². The van der Waals surface area contributed by atoms with E-state index in [0.717, 1.165) is 16.7 Å². The van der Waals surface area contributed by atoms with Gasteiger partial charge < -0.3 is 9.64 Å². The average Bonchev–Trinajstić information content (AvgIpc) is 3.17. The minimum atomic E-state index is -0.268. The van der Waals surface area contributed by atoms with Crippen molar-refractivity contribution >= 4 is 23.6 Å². The zero-order valence-corrected chi connectivity index (χ0v) is 16.1. The molecule has 1 saturated heterocycles. The Morgan fingerprint density at radius 3 is 2.96 bits per heavy atom. The smallest absolute Gasteiger partial charge is 0.324 e. The number of morpholine rings is 1. The highest BCUT2D eigenvalue weighted by Gasteiger charge is 2.27. The summed E-state index contributed by atoms with van der Waals surface area (Å²) in [6.07, 6.45) is -0.261. The average molecular weight is 398 g/mol. The zero-order valence-electron chi connectivity index (χ0n) is 15.4. The van der Waals surface area contributed by atoms with Gasteiger partial charge in [-0.3, -0.25) is 10.4 Å². The summed E-state index contributed by atoms with van der Waals surface area (Å²) in [6, 6.07) is 15.1. The number of nitrogens with zero attached hydrogens (tertiary/aromatic N) is 3. The van der Waals surface area contributed by atoms with Gasteiger partial charge in [-0.15, -0.1) is 5.10 Å². The van der Waals surface area contributed by atoms with Gasteiger partial charge in [0.25, 0.3) is 0 Å². The lowest BCUT2D eigenvalue weighted by Crippen LogP contribution is -2.44. The molecule has 2 N–H and O–H groups in total. The van der Waals surface area contributed by atoms with Gasteiger partial charge >= 0.3 is 6.03 Å². The van der Waals surface area contributed by atoms with Gasteiger partial charge in [-0.25, -0.2) is 4.79 Å². The number of H-pyrrole nitrogens is 1. The van der Waals surface area contributed by atoms with Crippen molar-refractivity contribution in [3.8, 4) is 11.4 Å². The highest BCUT2D eigenvalue weighted by molar-refractivity contribution is 6.31. The normalized spacial score (nSPS) is 16.8. The maximum Gasteiger partial charge on any atom is 0.324 e. The van der Waals surface area contributed by atoms with E-state index in [1.165, 1.54) is 0 Å². The van der Waals surface area contributed by atoms with Crippen LogP contribution in [0.15, 0.2) is 48.5 Å². The number of halogens is 1. The molecule has 8 heteroatoms. The summed E-state index contributed by atoms with van der Waals surface area (Å²) in [5.41, 5.74) is 2.91. The molecule has 1 aliphatic rings. The summed E-state index contributed by atoms with van der Waals surface area (Å²) in [5.74, 6) is 0.845. The third-order valence-corrected chi connectivity index (χ3v) is 4.95. The third-order valence-electron chi connectivity index (χ3n) is 4.60. The number of aromatic amines is 1. The Hall–Kier alpha value is -2.90. The quantitative estimate of drug-likeness (QED) is 0.698. The summed E-state index contributed by atoms with van der Waals surface area (Å²) in [6.45, 7) is 3.34. The lowest BCUT2D eigenvalue weighted by Gasteiger charge is -2.33. The van der Waals surface area contributed by atoms with Gasteiger partial charge in [-0.05, 0) is 19.1 Å². The molecule has 2 amide bonds. The Balaban J connectivity index is 1.43. The van der Waals surface area contributed by atoms with Gasteiger partial charge in [0.15, 0.2) is 5.82 Å². The van der Waals surface area contributed by atoms with Crippen LogP contribution in [0.2, 0.25) is 5.02 Å². The molecule has 1 aliphatic heterocycles. The molecule has 0 radical (unpaired) electrons. The summed E-state index contributed by atoms with van der Waals surface area (Å²) in [5, 5.41) is 10.3. The van der Waals surface area contributed by atoms with Crippen molar-refractivity contribution in [3.63, 3.8) is 0 Å². The second kappa shape index (κ2) is 8.00. The predicted octanol–water partition coefficient (Wildman–Crippen LogP) is 4.04. The van der Waals surface area contributed by atoms with Crippen molar-refractivity contribution in [1.29, 1.82) is 0 Å². The first-order valence-electron chi connectivity index (χ1n) is 9.01. The summed E-state index contributed by atoms with van der Waals surface area (Å²) >= 11 is 6.26. The minimum Gasteiger partial charge on any atom is -0.370 e. The molecule has 0 bridgehead atoms. The van der Waals surface area contributed by atoms with E-state index < -0.39 is 0 Å². The number of nitrogens with one attached hydrogen (secondary N) is 2. The summed E-state index contributed by atoms with van der Waals surface area (Å²) in [7, 11) is 0. The lowest BCUT2D eigenvalue weighted by atomic mass is 10.1. The van der Waals surface area contributed by atoms with Crippen molar-refractivity contribution in [2.24, 2.45) is 0 Å². The Morgan fingerprint density at radius 2 is 2.14 bits per heavy atom. The Kier molecular flexibility index (Phi) is 5.27. The SMILES string of the molecule is Cc1cccc(-c2nc(NC(=O)N3CCO[C@H](c4ccccc4Cl)C3)n[nH]2)c1. The van der Waals surface area contributed by atoms with Gasteiger partial charge in [-0.2, -0.15) is 4.98 Å². The number of hydrogen-bond acceptors (Lipinski definition) is 4. The first-order chi connectivity index (χ1) is 13.6.